The average molecular weight is 405 g/mol. The summed E-state index contributed by atoms with van der Waals surface area (Å²) in [6.07, 6.45) is 1.67. The molecule has 0 aromatic carbocycles. The summed E-state index contributed by atoms with van der Waals surface area (Å²) in [5.74, 6) is 4.24. The monoisotopic (exact) mass is 405 g/mol. The van der Waals surface area contributed by atoms with Gasteiger partial charge in [0.2, 0.25) is 5.91 Å². The van der Waals surface area contributed by atoms with Gasteiger partial charge in [-0.25, -0.2) is 15.6 Å². The summed E-state index contributed by atoms with van der Waals surface area (Å²) < 4.78 is 34.9. The van der Waals surface area contributed by atoms with E-state index >= 15 is 0 Å². The summed E-state index contributed by atoms with van der Waals surface area (Å²) in [6.45, 7) is 1.51. The number of hydrogen-bond donors (Lipinski definition) is 2. The molecule has 0 spiro atoms. The number of imide groups is 1. The smallest absolute Gasteiger partial charge is 0.309 e. The Bertz CT molecular complexity index is 736. The topological polar surface area (TPSA) is 154 Å². The third kappa shape index (κ3) is 4.06. The van der Waals surface area contributed by atoms with Crippen molar-refractivity contribution in [2.24, 2.45) is 11.8 Å². The molecule has 0 aromatic rings. The number of hydrazine groups is 1. The van der Waals surface area contributed by atoms with Crippen LogP contribution in [0.1, 0.15) is 25.7 Å². The van der Waals surface area contributed by atoms with Crippen LogP contribution in [-0.4, -0.2) is 89.5 Å². The number of urea groups is 1. The third-order valence-electron chi connectivity index (χ3n) is 5.33. The molecule has 3 rings (SSSR count). The molecule has 0 aliphatic carbocycles. The molecule has 27 heavy (non-hydrogen) atoms. The number of piperidine rings is 2. The van der Waals surface area contributed by atoms with E-state index in [9.17, 15) is 22.8 Å². The second-order valence-corrected chi connectivity index (χ2v) is 8.14. The standard InChI is InChI=1S/C14H23N5O7S/c1-16-6-4-9(5-7-16)12(20)18(15)13(21)11-3-2-10-8-17(11)14(22)19(10)26-27(23,24)25/h9-11H,2-8,15H2,1H3,(H,23,24,25)/t10-,11+/m1/s1. The Hall–Kier alpha value is -1.80. The summed E-state index contributed by atoms with van der Waals surface area (Å²) in [5, 5.41) is 1.13. The van der Waals surface area contributed by atoms with E-state index in [4.69, 9.17) is 10.4 Å². The summed E-state index contributed by atoms with van der Waals surface area (Å²) in [4.78, 5) is 40.8. The van der Waals surface area contributed by atoms with Crippen molar-refractivity contribution in [1.29, 1.82) is 0 Å². The lowest BCUT2D eigenvalue weighted by molar-refractivity contribution is -0.151. The molecule has 2 atom stereocenters. The van der Waals surface area contributed by atoms with Gasteiger partial charge in [-0.3, -0.25) is 14.1 Å². The van der Waals surface area contributed by atoms with E-state index in [1.165, 1.54) is 0 Å². The van der Waals surface area contributed by atoms with Gasteiger partial charge in [0.15, 0.2) is 0 Å². The van der Waals surface area contributed by atoms with Gasteiger partial charge in [-0.15, -0.1) is 4.28 Å². The quantitative estimate of drug-likeness (QED) is 0.188. The van der Waals surface area contributed by atoms with Gasteiger partial charge >= 0.3 is 16.4 Å². The second kappa shape index (κ2) is 7.31. The zero-order valence-corrected chi connectivity index (χ0v) is 15.7. The van der Waals surface area contributed by atoms with Gasteiger partial charge < -0.3 is 9.80 Å². The fourth-order valence-corrected chi connectivity index (χ4v) is 4.20. The van der Waals surface area contributed by atoms with Crippen LogP contribution in [0.5, 0.6) is 0 Å². The van der Waals surface area contributed by atoms with Gasteiger partial charge in [0.25, 0.3) is 5.91 Å². The molecule has 3 aliphatic rings. The SMILES string of the molecule is CN1CCC(C(=O)N(N)C(=O)[C@@H]2CC[C@@H]3CN2C(=O)N3OS(=O)(=O)O)CC1. The van der Waals surface area contributed by atoms with Crippen LogP contribution in [-0.2, 0) is 24.3 Å². The highest BCUT2D eigenvalue weighted by Gasteiger charge is 2.50. The number of fused-ring (bicyclic) bond motifs is 2. The van der Waals surface area contributed by atoms with Crippen molar-refractivity contribution in [1.82, 2.24) is 19.9 Å². The maximum Gasteiger partial charge on any atom is 0.418 e. The van der Waals surface area contributed by atoms with E-state index in [2.05, 4.69) is 9.18 Å². The van der Waals surface area contributed by atoms with E-state index in [0.29, 0.717) is 22.9 Å². The molecule has 4 amide bonds. The minimum absolute atomic E-state index is 0.0427. The Morgan fingerprint density at radius 2 is 1.81 bits per heavy atom. The van der Waals surface area contributed by atoms with Crippen LogP contribution >= 0.6 is 0 Å². The first-order valence-corrected chi connectivity index (χ1v) is 10.0. The lowest BCUT2D eigenvalue weighted by Crippen LogP contribution is -2.57. The molecule has 3 fully saturated rings. The number of amides is 4. The van der Waals surface area contributed by atoms with Gasteiger partial charge in [0.1, 0.15) is 6.04 Å². The maximum atomic E-state index is 12.7. The third-order valence-corrected chi connectivity index (χ3v) is 5.67. The molecule has 3 heterocycles. The summed E-state index contributed by atoms with van der Waals surface area (Å²) >= 11 is 0. The van der Waals surface area contributed by atoms with E-state index in [-0.39, 0.29) is 25.3 Å². The predicted octanol–water partition coefficient (Wildman–Crippen LogP) is -1.44. The number of likely N-dealkylation sites (tertiary alicyclic amines) is 1. The Morgan fingerprint density at radius 3 is 2.41 bits per heavy atom. The number of hydrogen-bond acceptors (Lipinski definition) is 8. The van der Waals surface area contributed by atoms with Crippen LogP contribution in [0.25, 0.3) is 0 Å². The normalized spacial score (nSPS) is 27.1. The van der Waals surface area contributed by atoms with E-state index in [1.54, 1.807) is 0 Å². The van der Waals surface area contributed by atoms with Crippen LogP contribution in [0.3, 0.4) is 0 Å². The molecule has 152 valence electrons. The highest BCUT2D eigenvalue weighted by molar-refractivity contribution is 7.80. The number of carbonyl (C=O) groups excluding carboxylic acids is 3. The number of carbonyl (C=O) groups is 3. The first-order chi connectivity index (χ1) is 12.6. The maximum absolute atomic E-state index is 12.7. The van der Waals surface area contributed by atoms with Crippen LogP contribution in [0.4, 0.5) is 4.79 Å². The van der Waals surface area contributed by atoms with Crippen molar-refractivity contribution in [3.05, 3.63) is 0 Å². The first-order valence-electron chi connectivity index (χ1n) is 8.66. The molecule has 0 saturated carbocycles. The molecule has 0 unspecified atom stereocenters. The highest BCUT2D eigenvalue weighted by Crippen LogP contribution is 2.31. The molecule has 3 aliphatic heterocycles. The van der Waals surface area contributed by atoms with Gasteiger partial charge in [-0.05, 0) is 45.8 Å². The summed E-state index contributed by atoms with van der Waals surface area (Å²) in [7, 11) is -2.92. The first kappa shape index (κ1) is 19.9. The second-order valence-electron chi connectivity index (χ2n) is 7.13. The summed E-state index contributed by atoms with van der Waals surface area (Å²) in [6, 6.07) is -2.46. The van der Waals surface area contributed by atoms with Gasteiger partial charge in [-0.2, -0.15) is 13.5 Å². The fraction of sp³-hybridized carbons (Fsp3) is 0.786. The Labute approximate surface area is 156 Å². The minimum Gasteiger partial charge on any atom is -0.309 e. The average Bonchev–Trinajstić information content (AvgIpc) is 2.84. The Morgan fingerprint density at radius 1 is 1.19 bits per heavy atom. The predicted molar refractivity (Wildman–Crippen MR) is 89.6 cm³/mol. The van der Waals surface area contributed by atoms with Gasteiger partial charge in [0, 0.05) is 12.5 Å². The van der Waals surface area contributed by atoms with Crippen LogP contribution in [0, 0.1) is 5.92 Å². The zero-order chi connectivity index (χ0) is 19.9. The summed E-state index contributed by atoms with van der Waals surface area (Å²) in [5.41, 5.74) is 0. The number of hydroxylamine groups is 2. The van der Waals surface area contributed by atoms with E-state index < -0.39 is 40.3 Å². The minimum atomic E-state index is -4.87. The van der Waals surface area contributed by atoms with Crippen molar-refractivity contribution in [3.63, 3.8) is 0 Å². The zero-order valence-electron chi connectivity index (χ0n) is 14.9. The Balaban J connectivity index is 1.67. The Kier molecular flexibility index (Phi) is 5.40. The van der Waals surface area contributed by atoms with E-state index in [1.807, 2.05) is 7.05 Å². The largest absolute Gasteiger partial charge is 0.418 e. The van der Waals surface area contributed by atoms with Gasteiger partial charge in [0.05, 0.1) is 6.04 Å². The van der Waals surface area contributed by atoms with E-state index in [0.717, 1.165) is 18.0 Å². The lowest BCUT2D eigenvalue weighted by atomic mass is 9.95. The molecular weight excluding hydrogens is 382 g/mol. The highest BCUT2D eigenvalue weighted by atomic mass is 32.3. The molecule has 13 heteroatoms. The van der Waals surface area contributed by atoms with Crippen LogP contribution in [0.2, 0.25) is 0 Å². The van der Waals surface area contributed by atoms with Crippen molar-refractivity contribution >= 4 is 28.2 Å². The lowest BCUT2D eigenvalue weighted by Gasteiger charge is -2.34. The molecule has 3 saturated heterocycles. The molecule has 0 radical (unpaired) electrons. The van der Waals surface area contributed by atoms with Crippen LogP contribution < -0.4 is 5.84 Å². The number of nitrogens with two attached hydrogens (primary N) is 1. The van der Waals surface area contributed by atoms with Crippen LogP contribution in [0.15, 0.2) is 0 Å². The molecule has 12 nitrogen and oxygen atoms in total. The molecule has 0 aromatic heterocycles. The molecular formula is C14H23N5O7S. The number of rotatable bonds is 4. The van der Waals surface area contributed by atoms with Gasteiger partial charge in [-0.1, -0.05) is 0 Å². The van der Waals surface area contributed by atoms with Crippen molar-refractivity contribution < 1.29 is 31.6 Å². The molecule has 2 bridgehead atoms. The fourth-order valence-electron chi connectivity index (χ4n) is 3.81. The van der Waals surface area contributed by atoms with Crippen molar-refractivity contribution in [3.8, 4) is 0 Å². The van der Waals surface area contributed by atoms with Crippen molar-refractivity contribution in [2.45, 2.75) is 37.8 Å². The molecule has 3 N–H and O–H groups in total. The number of nitrogens with zero attached hydrogens (tertiary/aromatic N) is 4. The van der Waals surface area contributed by atoms with Crippen molar-refractivity contribution in [2.75, 3.05) is 26.7 Å².